The first kappa shape index (κ1) is 19.2. The first-order valence-corrected chi connectivity index (χ1v) is 10.6. The predicted molar refractivity (Wildman–Crippen MR) is 113 cm³/mol. The molecule has 0 aromatic heterocycles. The summed E-state index contributed by atoms with van der Waals surface area (Å²) in [5.74, 6) is 0. The number of nitrogens with zero attached hydrogens (tertiary/aromatic N) is 1. The lowest BCUT2D eigenvalue weighted by Crippen LogP contribution is -2.33. The van der Waals surface area contributed by atoms with Crippen molar-refractivity contribution in [1.29, 1.82) is 0 Å². The molecule has 0 aliphatic carbocycles. The average molecular weight is 350 g/mol. The molecule has 0 spiro atoms. The molecule has 3 rings (SSSR count). The third-order valence-corrected chi connectivity index (χ3v) is 6.19. The monoisotopic (exact) mass is 349 g/mol. The summed E-state index contributed by atoms with van der Waals surface area (Å²) in [6.45, 7) is 7.11. The Morgan fingerprint density at radius 3 is 1.92 bits per heavy atom. The molecule has 2 aromatic carbocycles. The zero-order valence-electron chi connectivity index (χ0n) is 16.7. The van der Waals surface area contributed by atoms with Gasteiger partial charge in [0, 0.05) is 18.0 Å². The van der Waals surface area contributed by atoms with E-state index in [1.165, 1.54) is 62.6 Å². The van der Waals surface area contributed by atoms with Crippen LogP contribution in [0.2, 0.25) is 0 Å². The van der Waals surface area contributed by atoms with Crippen LogP contribution in [0.25, 0.3) is 0 Å². The van der Waals surface area contributed by atoms with Crippen LogP contribution in [0.3, 0.4) is 0 Å². The number of rotatable bonds is 9. The highest BCUT2D eigenvalue weighted by atomic mass is 15.2. The summed E-state index contributed by atoms with van der Waals surface area (Å²) < 4.78 is 0. The standard InChI is InChI=1S/C25H35N/c1-3-4-5-6-7-14-19-26-21-25(20-22(26)2,23-15-10-8-11-16-23)24-17-12-9-13-18-24/h8-13,15-18,22H,3-7,14,19-21H2,1-2H3. The molecule has 1 heteroatoms. The molecule has 26 heavy (non-hydrogen) atoms. The largest absolute Gasteiger partial charge is 0.299 e. The molecule has 1 atom stereocenters. The van der Waals surface area contributed by atoms with Crippen LogP contribution in [0.1, 0.15) is 69.9 Å². The highest BCUT2D eigenvalue weighted by Crippen LogP contribution is 2.43. The van der Waals surface area contributed by atoms with Crippen molar-refractivity contribution < 1.29 is 0 Å². The van der Waals surface area contributed by atoms with E-state index in [9.17, 15) is 0 Å². The van der Waals surface area contributed by atoms with Gasteiger partial charge in [0.25, 0.3) is 0 Å². The number of benzene rings is 2. The molecule has 1 saturated heterocycles. The third kappa shape index (κ3) is 4.38. The van der Waals surface area contributed by atoms with Gasteiger partial charge in [-0.1, -0.05) is 99.7 Å². The van der Waals surface area contributed by atoms with E-state index >= 15 is 0 Å². The fraction of sp³-hybridized carbons (Fsp3) is 0.520. The van der Waals surface area contributed by atoms with Gasteiger partial charge in [-0.25, -0.2) is 0 Å². The lowest BCUT2D eigenvalue weighted by atomic mass is 9.73. The number of hydrogen-bond donors (Lipinski definition) is 0. The van der Waals surface area contributed by atoms with Gasteiger partial charge in [-0.3, -0.25) is 4.90 Å². The Morgan fingerprint density at radius 1 is 0.808 bits per heavy atom. The molecular formula is C25H35N. The molecule has 0 bridgehead atoms. The Hall–Kier alpha value is -1.60. The molecule has 1 heterocycles. The maximum atomic E-state index is 2.74. The minimum absolute atomic E-state index is 0.143. The van der Waals surface area contributed by atoms with Gasteiger partial charge in [0.15, 0.2) is 0 Å². The van der Waals surface area contributed by atoms with Crippen molar-refractivity contribution in [3.8, 4) is 0 Å². The lowest BCUT2D eigenvalue weighted by molar-refractivity contribution is 0.256. The summed E-state index contributed by atoms with van der Waals surface area (Å²) in [7, 11) is 0. The molecule has 0 radical (unpaired) electrons. The Balaban J connectivity index is 1.71. The van der Waals surface area contributed by atoms with Crippen LogP contribution >= 0.6 is 0 Å². The SMILES string of the molecule is CCCCCCCCN1CC(c2ccccc2)(c2ccccc2)CC1C. The lowest BCUT2D eigenvalue weighted by Gasteiger charge is -2.31. The van der Waals surface area contributed by atoms with Crippen molar-refractivity contribution in [3.05, 3.63) is 71.8 Å². The molecule has 0 saturated carbocycles. The maximum Gasteiger partial charge on any atom is 0.0344 e. The smallest absolute Gasteiger partial charge is 0.0344 e. The van der Waals surface area contributed by atoms with Crippen LogP contribution in [0.5, 0.6) is 0 Å². The van der Waals surface area contributed by atoms with Crippen LogP contribution in [0.4, 0.5) is 0 Å². The second kappa shape index (κ2) is 9.37. The van der Waals surface area contributed by atoms with Crippen LogP contribution in [-0.2, 0) is 5.41 Å². The normalized spacial score (nSPS) is 19.7. The fourth-order valence-electron chi connectivity index (χ4n) is 4.69. The van der Waals surface area contributed by atoms with E-state index in [1.807, 2.05) is 0 Å². The van der Waals surface area contributed by atoms with E-state index in [0.717, 1.165) is 6.54 Å². The molecule has 2 aromatic rings. The van der Waals surface area contributed by atoms with Crippen molar-refractivity contribution in [3.63, 3.8) is 0 Å². The highest BCUT2D eigenvalue weighted by molar-refractivity contribution is 5.41. The van der Waals surface area contributed by atoms with E-state index < -0.39 is 0 Å². The predicted octanol–water partition coefficient (Wildman–Crippen LogP) is 6.43. The van der Waals surface area contributed by atoms with Gasteiger partial charge in [0.05, 0.1) is 0 Å². The molecular weight excluding hydrogens is 314 g/mol. The van der Waals surface area contributed by atoms with Crippen molar-refractivity contribution >= 4 is 0 Å². The summed E-state index contributed by atoms with van der Waals surface area (Å²) in [6, 6.07) is 23.0. The quantitative estimate of drug-likeness (QED) is 0.472. The van der Waals surface area contributed by atoms with Crippen molar-refractivity contribution in [2.24, 2.45) is 0 Å². The van der Waals surface area contributed by atoms with Crippen molar-refractivity contribution in [2.45, 2.75) is 70.3 Å². The molecule has 1 aliphatic heterocycles. The minimum atomic E-state index is 0.143. The van der Waals surface area contributed by atoms with Gasteiger partial charge < -0.3 is 0 Å². The summed E-state index contributed by atoms with van der Waals surface area (Å²) in [5.41, 5.74) is 3.09. The Bertz CT molecular complexity index is 594. The van der Waals surface area contributed by atoms with E-state index in [-0.39, 0.29) is 5.41 Å². The summed E-state index contributed by atoms with van der Waals surface area (Å²) in [4.78, 5) is 2.74. The molecule has 1 aliphatic rings. The summed E-state index contributed by atoms with van der Waals surface area (Å²) in [6.07, 6.45) is 9.48. The van der Waals surface area contributed by atoms with Gasteiger partial charge in [0.1, 0.15) is 0 Å². The first-order valence-electron chi connectivity index (χ1n) is 10.6. The van der Waals surface area contributed by atoms with Gasteiger partial charge in [-0.15, -0.1) is 0 Å². The number of hydrogen-bond acceptors (Lipinski definition) is 1. The molecule has 1 fully saturated rings. The van der Waals surface area contributed by atoms with E-state index in [0.29, 0.717) is 6.04 Å². The first-order chi connectivity index (χ1) is 12.8. The average Bonchev–Trinajstić information content (AvgIpc) is 3.04. The number of likely N-dealkylation sites (tertiary alicyclic amines) is 1. The molecule has 0 N–H and O–H groups in total. The zero-order chi connectivity index (χ0) is 18.2. The molecule has 1 unspecified atom stereocenters. The molecule has 140 valence electrons. The summed E-state index contributed by atoms with van der Waals surface area (Å²) in [5, 5.41) is 0. The number of unbranched alkanes of at least 4 members (excludes halogenated alkanes) is 5. The van der Waals surface area contributed by atoms with E-state index in [2.05, 4.69) is 79.4 Å². The Morgan fingerprint density at radius 2 is 1.35 bits per heavy atom. The summed E-state index contributed by atoms with van der Waals surface area (Å²) >= 11 is 0. The van der Waals surface area contributed by atoms with Gasteiger partial charge >= 0.3 is 0 Å². The maximum absolute atomic E-state index is 2.74. The van der Waals surface area contributed by atoms with E-state index in [1.54, 1.807) is 0 Å². The highest BCUT2D eigenvalue weighted by Gasteiger charge is 2.44. The fourth-order valence-corrected chi connectivity index (χ4v) is 4.69. The Labute approximate surface area is 160 Å². The van der Waals surface area contributed by atoms with Crippen LogP contribution < -0.4 is 0 Å². The third-order valence-electron chi connectivity index (χ3n) is 6.19. The van der Waals surface area contributed by atoms with Crippen LogP contribution in [0.15, 0.2) is 60.7 Å². The van der Waals surface area contributed by atoms with Gasteiger partial charge in [-0.2, -0.15) is 0 Å². The van der Waals surface area contributed by atoms with E-state index in [4.69, 9.17) is 0 Å². The van der Waals surface area contributed by atoms with Crippen molar-refractivity contribution in [2.75, 3.05) is 13.1 Å². The minimum Gasteiger partial charge on any atom is -0.299 e. The second-order valence-corrected chi connectivity index (χ2v) is 8.11. The topological polar surface area (TPSA) is 3.24 Å². The van der Waals surface area contributed by atoms with Gasteiger partial charge in [-0.05, 0) is 37.4 Å². The van der Waals surface area contributed by atoms with Crippen molar-refractivity contribution in [1.82, 2.24) is 4.90 Å². The van der Waals surface area contributed by atoms with Gasteiger partial charge in [0.2, 0.25) is 0 Å². The zero-order valence-corrected chi connectivity index (χ0v) is 16.7. The molecule has 1 nitrogen and oxygen atoms in total. The second-order valence-electron chi connectivity index (χ2n) is 8.11. The van der Waals surface area contributed by atoms with Crippen LogP contribution in [0, 0.1) is 0 Å². The molecule has 0 amide bonds. The van der Waals surface area contributed by atoms with Crippen LogP contribution in [-0.4, -0.2) is 24.0 Å². The Kier molecular flexibility index (Phi) is 6.91.